The zero-order valence-corrected chi connectivity index (χ0v) is 54.4. The zero-order chi connectivity index (χ0) is 63.6. The second-order valence-corrected chi connectivity index (χ2v) is 27.4. The number of aliphatic hydroxyl groups excluding tert-OH is 1. The van der Waals surface area contributed by atoms with E-state index < -0.39 is 60.3 Å². The highest BCUT2D eigenvalue weighted by molar-refractivity contribution is 7.15. The van der Waals surface area contributed by atoms with Crippen LogP contribution in [0, 0.1) is 24.7 Å². The molecule has 8 heterocycles. The number of nitrogens with zero attached hydrogens (tertiary/aromatic N) is 7. The Labute approximate surface area is 541 Å². The normalized spacial score (nSPS) is 18.6. The summed E-state index contributed by atoms with van der Waals surface area (Å²) in [5.74, 6) is -3.43. The maximum atomic E-state index is 14.4. The maximum Gasteiger partial charge on any atom is 0.271 e. The molecule has 1 aliphatic heterocycles. The molecule has 1 aromatic carbocycles. The lowest BCUT2D eigenvalue weighted by Crippen LogP contribution is -2.40. The van der Waals surface area contributed by atoms with Crippen molar-refractivity contribution in [2.45, 2.75) is 83.7 Å². The van der Waals surface area contributed by atoms with Crippen LogP contribution >= 0.6 is 68.0 Å². The van der Waals surface area contributed by atoms with E-state index in [0.29, 0.717) is 131 Å². The molecule has 25 nitrogen and oxygen atoms in total. The van der Waals surface area contributed by atoms with Crippen LogP contribution in [0.4, 0.5) is 5.82 Å². The van der Waals surface area contributed by atoms with Crippen LogP contribution in [0.3, 0.4) is 0 Å². The fraction of sp³-hybridized carbons (Fsp3) is 0.390. The molecule has 31 heteroatoms. The van der Waals surface area contributed by atoms with Gasteiger partial charge in [-0.15, -0.1) is 68.0 Å². The number of hydrogen-bond acceptors (Lipinski definition) is 24. The topological polar surface area (TPSA) is 361 Å². The number of amides is 7. The number of methoxy groups -OCH3 is 1. The van der Waals surface area contributed by atoms with E-state index in [1.165, 1.54) is 70.8 Å². The van der Waals surface area contributed by atoms with Gasteiger partial charge >= 0.3 is 0 Å². The Hall–Kier alpha value is -7.72. The first-order valence-electron chi connectivity index (χ1n) is 28.9. The molecule has 1 saturated carbocycles. The molecule has 4 atom stereocenters. The van der Waals surface area contributed by atoms with Gasteiger partial charge in [0.05, 0.1) is 42.2 Å². The fourth-order valence-electron chi connectivity index (χ4n) is 10.1. The summed E-state index contributed by atoms with van der Waals surface area (Å²) in [5.41, 5.74) is 8.32. The van der Waals surface area contributed by atoms with E-state index in [1.807, 2.05) is 13.8 Å². The van der Waals surface area contributed by atoms with Crippen molar-refractivity contribution in [2.75, 3.05) is 52.2 Å². The first kappa shape index (κ1) is 65.2. The third-order valence-corrected chi connectivity index (χ3v) is 20.6. The number of rotatable bonds is 16. The summed E-state index contributed by atoms with van der Waals surface area (Å²) in [7, 11) is 2.95. The quantitative estimate of drug-likeness (QED) is 0.0449. The highest BCUT2D eigenvalue weighted by Crippen LogP contribution is 2.41. The van der Waals surface area contributed by atoms with Crippen molar-refractivity contribution in [3.63, 3.8) is 0 Å². The molecular weight excluding hydrogens is 1270 g/mol. The van der Waals surface area contributed by atoms with Crippen molar-refractivity contribution in [2.24, 2.45) is 23.5 Å². The largest absolute Gasteiger partial charge is 0.386 e. The lowest BCUT2D eigenvalue weighted by Gasteiger charge is -2.26. The van der Waals surface area contributed by atoms with Gasteiger partial charge in [-0.1, -0.05) is 44.2 Å². The third kappa shape index (κ3) is 15.5. The number of anilines is 1. The van der Waals surface area contributed by atoms with E-state index in [-0.39, 0.29) is 59.7 Å². The number of aryl methyl sites for hydroxylation is 1. The average Bonchev–Trinajstić information content (AvgIpc) is 1.66. The standard InChI is InChI=1S/C59H66N16O9S6/c1-28(2)43-59-75-46(39(90-59)23-84-5)52(82)64-22-42(77)72-47(48(78)30-9-7-6-8-10-30)58-69-38(26-87-58)56-67-36(24-86-56)45-33(54-68-37(25-85-54)51(81)66-35(21-41(76)61-4)57-74-44(29(3)89-57)53(83)73-43)15-16-34(65-45)55-71-40(27-88-55)70-50(80)32-13-11-31(12-14-32)49(79)63-20-19-62-18-17-60/h6-10,15-16,24-28,31-32,35,43,47-48,62,78H,11-14,17-23,60H2,1-5H3,(H,61,76)(H,63,79)(H,64,82)(H,66,81)(H,70,80)(H,72,77)(H,73,83)/t31-,32-,35-,43-,47-,48-/m0/s1. The van der Waals surface area contributed by atoms with E-state index in [9.17, 15) is 38.7 Å². The number of aromatic nitrogens is 7. The smallest absolute Gasteiger partial charge is 0.271 e. The van der Waals surface area contributed by atoms with Gasteiger partial charge in [-0.3, -0.25) is 33.6 Å². The van der Waals surface area contributed by atoms with Crippen LogP contribution in [0.2, 0.25) is 0 Å². The number of nitrogens with two attached hydrogens (primary N) is 1. The van der Waals surface area contributed by atoms with Crippen molar-refractivity contribution in [1.82, 2.24) is 72.1 Å². The molecule has 8 aromatic rings. The number of nitrogens with one attached hydrogen (secondary N) is 8. The molecule has 0 saturated heterocycles. The molecule has 90 heavy (non-hydrogen) atoms. The molecule has 0 unspecified atom stereocenters. The predicted octanol–water partition coefficient (Wildman–Crippen LogP) is 6.72. The lowest BCUT2D eigenvalue weighted by atomic mass is 9.81. The van der Waals surface area contributed by atoms with Gasteiger partial charge in [-0.25, -0.2) is 34.9 Å². The number of thiazole rings is 6. The first-order chi connectivity index (χ1) is 43.5. The van der Waals surface area contributed by atoms with Crippen LogP contribution < -0.4 is 48.3 Å². The van der Waals surface area contributed by atoms with Crippen LogP contribution in [0.15, 0.2) is 64.0 Å². The summed E-state index contributed by atoms with van der Waals surface area (Å²) in [6, 6.07) is 9.57. The molecule has 472 valence electrons. The monoisotopic (exact) mass is 1330 g/mol. The van der Waals surface area contributed by atoms with Gasteiger partial charge in [0.25, 0.3) is 17.7 Å². The average molecular weight is 1340 g/mol. The fourth-order valence-corrected chi connectivity index (χ4v) is 15.6. The SMILES string of the molecule is CNC(=O)C[C@@H]1NC(=O)c2csc(n2)-c2ccc(-c3nc(NC(=O)[C@H]4CC[C@H](C(=O)NCCNCCN)CC4)cs3)nc2-c2csc(n2)-c2csc(n2)[C@H]([C@@H](O)c2ccccc2)NC(=O)CNC(=O)c2nc(sc2COC)[C@H](C(C)C)NC(=O)c2nc1sc2C. The lowest BCUT2D eigenvalue weighted by molar-refractivity contribution is -0.128. The van der Waals surface area contributed by atoms with Crippen LogP contribution in [0.25, 0.3) is 43.4 Å². The zero-order valence-electron chi connectivity index (χ0n) is 49.5. The third-order valence-electron chi connectivity index (χ3n) is 14.9. The molecular formula is C59H66N16O9S6. The number of ether oxygens (including phenoxy) is 1. The molecule has 11 N–H and O–H groups in total. The van der Waals surface area contributed by atoms with Crippen molar-refractivity contribution < 1.29 is 43.4 Å². The van der Waals surface area contributed by atoms with E-state index >= 15 is 0 Å². The summed E-state index contributed by atoms with van der Waals surface area (Å²) in [6.07, 6.45) is 0.790. The Balaban J connectivity index is 0.982. The molecule has 2 aliphatic rings. The molecule has 0 radical (unpaired) electrons. The van der Waals surface area contributed by atoms with Gasteiger partial charge in [-0.2, -0.15) is 0 Å². The van der Waals surface area contributed by atoms with Crippen LogP contribution in [-0.2, 0) is 30.5 Å². The van der Waals surface area contributed by atoms with E-state index in [0.717, 1.165) is 11.3 Å². The summed E-state index contributed by atoms with van der Waals surface area (Å²) in [5, 5.41) is 44.5. The number of carbonyl (C=O) groups excluding carboxylic acids is 7. The Bertz CT molecular complexity index is 3890. The molecule has 0 spiro atoms. The summed E-state index contributed by atoms with van der Waals surface area (Å²) in [6.45, 7) is 7.29. The molecule has 7 amide bonds. The van der Waals surface area contributed by atoms with Gasteiger partial charge in [0.1, 0.15) is 82.2 Å². The summed E-state index contributed by atoms with van der Waals surface area (Å²) >= 11 is 7.25. The molecule has 1 aliphatic carbocycles. The number of hydrogen-bond donors (Lipinski definition) is 10. The minimum Gasteiger partial charge on any atom is -0.386 e. The van der Waals surface area contributed by atoms with Crippen molar-refractivity contribution in [3.05, 3.63) is 111 Å². The number of aliphatic hydroxyl groups is 1. The van der Waals surface area contributed by atoms with Crippen molar-refractivity contribution >= 4 is 115 Å². The van der Waals surface area contributed by atoms with Gasteiger partial charge in [0.2, 0.25) is 23.6 Å². The predicted molar refractivity (Wildman–Crippen MR) is 346 cm³/mol. The van der Waals surface area contributed by atoms with Crippen molar-refractivity contribution in [3.8, 4) is 43.4 Å². The number of benzene rings is 1. The molecule has 1 fully saturated rings. The molecule has 7 aromatic heterocycles. The molecule has 10 bridgehead atoms. The van der Waals surface area contributed by atoms with Gasteiger partial charge in [0, 0.05) is 84.1 Å². The van der Waals surface area contributed by atoms with Crippen LogP contribution in [0.1, 0.15) is 132 Å². The highest BCUT2D eigenvalue weighted by Gasteiger charge is 2.34. The maximum absolute atomic E-state index is 14.4. The Morgan fingerprint density at radius 1 is 0.678 bits per heavy atom. The van der Waals surface area contributed by atoms with E-state index in [2.05, 4.69) is 42.5 Å². The Kier molecular flexibility index (Phi) is 21.7. The Morgan fingerprint density at radius 3 is 2.12 bits per heavy atom. The summed E-state index contributed by atoms with van der Waals surface area (Å²) in [4.78, 5) is 131. The minimum atomic E-state index is -1.28. The Morgan fingerprint density at radius 2 is 1.38 bits per heavy atom. The van der Waals surface area contributed by atoms with Gasteiger partial charge in [0.15, 0.2) is 0 Å². The number of carbonyl (C=O) groups is 7. The number of pyridine rings is 1. The van der Waals surface area contributed by atoms with Crippen LogP contribution in [-0.4, -0.2) is 128 Å². The summed E-state index contributed by atoms with van der Waals surface area (Å²) < 4.78 is 5.46. The van der Waals surface area contributed by atoms with E-state index in [4.69, 9.17) is 45.4 Å². The molecule has 10 rings (SSSR count). The van der Waals surface area contributed by atoms with E-state index in [1.54, 1.807) is 70.9 Å². The van der Waals surface area contributed by atoms with Gasteiger partial charge in [-0.05, 0) is 56.2 Å². The highest BCUT2D eigenvalue weighted by atomic mass is 32.1. The minimum absolute atomic E-state index is 0.000957. The van der Waals surface area contributed by atoms with Crippen LogP contribution in [0.5, 0.6) is 0 Å². The second-order valence-electron chi connectivity index (χ2n) is 21.5. The van der Waals surface area contributed by atoms with Crippen molar-refractivity contribution in [1.29, 1.82) is 0 Å². The first-order valence-corrected chi connectivity index (χ1v) is 34.1. The number of fused-ring (bicyclic) bond motifs is 14. The van der Waals surface area contributed by atoms with Gasteiger partial charge < -0.3 is 58.1 Å². The second kappa shape index (κ2) is 29.9.